The molecule has 2 aliphatic rings. The lowest BCUT2D eigenvalue weighted by atomic mass is 9.90. The van der Waals surface area contributed by atoms with Gasteiger partial charge < -0.3 is 14.5 Å². The number of hydrogen-bond acceptors (Lipinski definition) is 4. The first kappa shape index (κ1) is 18.7. The molecule has 0 aromatic carbocycles. The minimum atomic E-state index is -0.433. The largest absolute Gasteiger partial charge is 0.441 e. The van der Waals surface area contributed by atoms with Crippen LogP contribution in [0.25, 0.3) is 0 Å². The zero-order valence-electron chi connectivity index (χ0n) is 16.3. The Hall–Kier alpha value is -2.05. The van der Waals surface area contributed by atoms with Crippen molar-refractivity contribution in [2.24, 2.45) is 0 Å². The highest BCUT2D eigenvalue weighted by atomic mass is 16.6. The van der Waals surface area contributed by atoms with E-state index in [-0.39, 0.29) is 24.1 Å². The molecule has 0 unspecified atom stereocenters. The number of nitrogens with zero attached hydrogens (tertiary/aromatic N) is 4. The van der Waals surface area contributed by atoms with Crippen molar-refractivity contribution in [1.29, 1.82) is 0 Å². The van der Waals surface area contributed by atoms with Gasteiger partial charge in [-0.2, -0.15) is 5.10 Å². The predicted molar refractivity (Wildman–Crippen MR) is 98.0 cm³/mol. The molecule has 2 saturated heterocycles. The van der Waals surface area contributed by atoms with Crippen molar-refractivity contribution in [2.75, 3.05) is 19.6 Å². The molecule has 3 rings (SSSR count). The van der Waals surface area contributed by atoms with Crippen molar-refractivity contribution >= 4 is 12.0 Å². The lowest BCUT2D eigenvalue weighted by Crippen LogP contribution is -2.49. The van der Waals surface area contributed by atoms with Crippen LogP contribution < -0.4 is 0 Å². The summed E-state index contributed by atoms with van der Waals surface area (Å²) in [5, 5.41) is 4.25. The van der Waals surface area contributed by atoms with Gasteiger partial charge >= 0.3 is 6.09 Å². The van der Waals surface area contributed by atoms with E-state index < -0.39 is 5.60 Å². The monoisotopic (exact) mass is 362 g/mol. The molecule has 26 heavy (non-hydrogen) atoms. The van der Waals surface area contributed by atoms with Gasteiger partial charge in [0.15, 0.2) is 0 Å². The van der Waals surface area contributed by atoms with E-state index in [1.165, 1.54) is 0 Å². The Bertz CT molecular complexity index is 661. The van der Waals surface area contributed by atoms with Crippen LogP contribution in [0.1, 0.15) is 69.8 Å². The lowest BCUT2D eigenvalue weighted by Gasteiger charge is -2.37. The van der Waals surface area contributed by atoms with Gasteiger partial charge in [-0.05, 0) is 27.2 Å². The minimum absolute atomic E-state index is 0.00674. The molecule has 0 aliphatic carbocycles. The van der Waals surface area contributed by atoms with E-state index in [0.717, 1.165) is 12.8 Å². The van der Waals surface area contributed by atoms with Gasteiger partial charge in [0.1, 0.15) is 5.60 Å². The van der Waals surface area contributed by atoms with Crippen LogP contribution in [0.15, 0.2) is 12.4 Å². The molecule has 0 radical (unpaired) electrons. The van der Waals surface area contributed by atoms with Gasteiger partial charge in [0.05, 0.1) is 18.3 Å². The summed E-state index contributed by atoms with van der Waals surface area (Å²) in [5.41, 5.74) is 0.189. The van der Waals surface area contributed by atoms with Crippen molar-refractivity contribution in [3.8, 4) is 0 Å². The lowest BCUT2D eigenvalue weighted by molar-refractivity contribution is 0.00306. The van der Waals surface area contributed by atoms with E-state index >= 15 is 0 Å². The molecule has 2 amide bonds. The molecular formula is C19H30N4O3. The second-order valence-electron chi connectivity index (χ2n) is 7.91. The molecule has 1 spiro atoms. The molecule has 7 heteroatoms. The zero-order valence-corrected chi connectivity index (χ0v) is 16.3. The highest BCUT2D eigenvalue weighted by Gasteiger charge is 2.48. The van der Waals surface area contributed by atoms with Crippen molar-refractivity contribution in [1.82, 2.24) is 19.6 Å². The van der Waals surface area contributed by atoms with E-state index in [4.69, 9.17) is 4.74 Å². The summed E-state index contributed by atoms with van der Waals surface area (Å²) >= 11 is 0. The van der Waals surface area contributed by atoms with Gasteiger partial charge in [-0.15, -0.1) is 0 Å². The molecule has 0 N–H and O–H groups in total. The van der Waals surface area contributed by atoms with E-state index in [0.29, 0.717) is 38.0 Å². The van der Waals surface area contributed by atoms with Gasteiger partial charge in [-0.1, -0.05) is 13.3 Å². The Morgan fingerprint density at radius 1 is 1.31 bits per heavy atom. The van der Waals surface area contributed by atoms with Gasteiger partial charge in [-0.3, -0.25) is 9.48 Å². The van der Waals surface area contributed by atoms with Crippen molar-refractivity contribution in [2.45, 2.75) is 71.1 Å². The number of likely N-dealkylation sites (tertiary alicyclic amines) is 1. The maximum atomic E-state index is 12.7. The topological polar surface area (TPSA) is 67.7 Å². The van der Waals surface area contributed by atoms with Crippen LogP contribution in [0.5, 0.6) is 0 Å². The van der Waals surface area contributed by atoms with Gasteiger partial charge in [0.2, 0.25) is 0 Å². The van der Waals surface area contributed by atoms with Crippen LogP contribution >= 0.6 is 0 Å². The second-order valence-corrected chi connectivity index (χ2v) is 7.91. The van der Waals surface area contributed by atoms with Crippen LogP contribution in [0, 0.1) is 0 Å². The second kappa shape index (κ2) is 7.29. The first-order valence-electron chi connectivity index (χ1n) is 9.68. The van der Waals surface area contributed by atoms with Crippen LogP contribution in [0.3, 0.4) is 0 Å². The summed E-state index contributed by atoms with van der Waals surface area (Å²) in [7, 11) is 0. The minimum Gasteiger partial charge on any atom is -0.441 e. The van der Waals surface area contributed by atoms with Gasteiger partial charge in [0, 0.05) is 44.2 Å². The van der Waals surface area contributed by atoms with Gasteiger partial charge in [0.25, 0.3) is 5.91 Å². The Kier molecular flexibility index (Phi) is 5.25. The molecule has 3 heterocycles. The standard InChI is InChI=1S/C19H30N4O3/c1-5-6-15(4)22-13-19(26-18(22)25)7-9-21(10-8-19)17(24)16-11-20-23(12-16)14(2)3/h11-12,14-15H,5-10,13H2,1-4H3/t15-/m1/s1. The van der Waals surface area contributed by atoms with Gasteiger partial charge in [-0.25, -0.2) is 4.79 Å². The number of hydrogen-bond donors (Lipinski definition) is 0. The number of carbonyl (C=O) groups is 2. The van der Waals surface area contributed by atoms with E-state index in [1.807, 2.05) is 23.6 Å². The Labute approximate surface area is 155 Å². The molecule has 144 valence electrons. The SMILES string of the molecule is CCC[C@@H](C)N1CC2(CCN(C(=O)c3cnn(C(C)C)c3)CC2)OC1=O. The summed E-state index contributed by atoms with van der Waals surface area (Å²) in [6.07, 6.45) is 6.65. The fourth-order valence-corrected chi connectivity index (χ4v) is 3.85. The van der Waals surface area contributed by atoms with Crippen molar-refractivity contribution < 1.29 is 14.3 Å². The Morgan fingerprint density at radius 2 is 2.00 bits per heavy atom. The Morgan fingerprint density at radius 3 is 2.58 bits per heavy atom. The maximum Gasteiger partial charge on any atom is 0.410 e. The summed E-state index contributed by atoms with van der Waals surface area (Å²) in [6, 6.07) is 0.434. The molecule has 1 atom stereocenters. The fourth-order valence-electron chi connectivity index (χ4n) is 3.85. The molecule has 1 aromatic rings. The number of carbonyl (C=O) groups excluding carboxylic acids is 2. The molecular weight excluding hydrogens is 332 g/mol. The molecule has 2 fully saturated rings. The van der Waals surface area contributed by atoms with Crippen LogP contribution in [-0.4, -0.2) is 62.9 Å². The average molecular weight is 362 g/mol. The number of rotatable bonds is 5. The summed E-state index contributed by atoms with van der Waals surface area (Å²) in [4.78, 5) is 28.7. The highest BCUT2D eigenvalue weighted by Crippen LogP contribution is 2.35. The molecule has 7 nitrogen and oxygen atoms in total. The number of ether oxygens (including phenoxy) is 1. The molecule has 0 saturated carbocycles. The van der Waals surface area contributed by atoms with E-state index in [2.05, 4.69) is 18.9 Å². The summed E-state index contributed by atoms with van der Waals surface area (Å²) in [5.74, 6) is 0.00674. The summed E-state index contributed by atoms with van der Waals surface area (Å²) < 4.78 is 7.57. The van der Waals surface area contributed by atoms with E-state index in [1.54, 1.807) is 17.1 Å². The third kappa shape index (κ3) is 3.57. The molecule has 2 aliphatic heterocycles. The Balaban J connectivity index is 1.60. The normalized spacial score (nSPS) is 20.7. The van der Waals surface area contributed by atoms with Crippen LogP contribution in [-0.2, 0) is 4.74 Å². The first-order valence-corrected chi connectivity index (χ1v) is 9.68. The zero-order chi connectivity index (χ0) is 18.9. The number of piperidine rings is 1. The maximum absolute atomic E-state index is 12.7. The fraction of sp³-hybridized carbons (Fsp3) is 0.737. The van der Waals surface area contributed by atoms with Crippen molar-refractivity contribution in [3.05, 3.63) is 18.0 Å². The van der Waals surface area contributed by atoms with E-state index in [9.17, 15) is 9.59 Å². The quantitative estimate of drug-likeness (QED) is 0.807. The smallest absolute Gasteiger partial charge is 0.410 e. The van der Waals surface area contributed by atoms with Crippen LogP contribution in [0.4, 0.5) is 4.79 Å². The third-order valence-electron chi connectivity index (χ3n) is 5.57. The van der Waals surface area contributed by atoms with Crippen molar-refractivity contribution in [3.63, 3.8) is 0 Å². The van der Waals surface area contributed by atoms with Crippen LogP contribution in [0.2, 0.25) is 0 Å². The third-order valence-corrected chi connectivity index (χ3v) is 5.57. The predicted octanol–water partition coefficient (Wildman–Crippen LogP) is 3.08. The number of aromatic nitrogens is 2. The molecule has 0 bridgehead atoms. The summed E-state index contributed by atoms with van der Waals surface area (Å²) in [6.45, 7) is 10.1. The average Bonchev–Trinajstić information content (AvgIpc) is 3.21. The first-order chi connectivity index (χ1) is 12.3. The highest BCUT2D eigenvalue weighted by molar-refractivity contribution is 5.93. The number of amides is 2. The molecule has 1 aromatic heterocycles.